The minimum Gasteiger partial charge on any atom is -0.458 e. The van der Waals surface area contributed by atoms with Crippen molar-refractivity contribution in [1.29, 1.82) is 0 Å². The van der Waals surface area contributed by atoms with Crippen LogP contribution in [0.1, 0.15) is 54.4 Å². The zero-order valence-corrected chi connectivity index (χ0v) is 18.4. The van der Waals surface area contributed by atoms with E-state index in [0.717, 1.165) is 0 Å². The van der Waals surface area contributed by atoms with Gasteiger partial charge in [0.2, 0.25) is 0 Å². The molecule has 0 bridgehead atoms. The number of imide groups is 1. The summed E-state index contributed by atoms with van der Waals surface area (Å²) in [5.41, 5.74) is -0.922. The Morgan fingerprint density at radius 1 is 1.10 bits per heavy atom. The van der Waals surface area contributed by atoms with Crippen LogP contribution in [0.5, 0.6) is 0 Å². The lowest BCUT2D eigenvalue weighted by Crippen LogP contribution is -2.57. The molecule has 0 saturated carbocycles. The van der Waals surface area contributed by atoms with E-state index in [4.69, 9.17) is 14.2 Å². The molecule has 166 valence electrons. The predicted molar refractivity (Wildman–Crippen MR) is 105 cm³/mol. The molecule has 1 fully saturated rings. The molecule has 1 aliphatic rings. The molecule has 0 aromatic rings. The minimum atomic E-state index is -1.40. The molecule has 3 amide bonds. The standard InChI is InChI=1S/C20H34N2O7/c1-19(2,3)8-12-28-18(26)22(17(25)21-9-13-27-14-10-21)15(7-11-23)16(24)29-20(4,5)6/h11,15H,7-10,12-14H2,1-6H3. The number of carbonyl (C=O) groups excluding carboxylic acids is 4. The third-order valence-corrected chi connectivity index (χ3v) is 4.07. The van der Waals surface area contributed by atoms with Crippen molar-refractivity contribution < 1.29 is 33.4 Å². The van der Waals surface area contributed by atoms with E-state index in [-0.39, 0.29) is 31.5 Å². The van der Waals surface area contributed by atoms with Crippen LogP contribution in [0.3, 0.4) is 0 Å². The number of hydrogen-bond donors (Lipinski definition) is 0. The van der Waals surface area contributed by atoms with Crippen LogP contribution in [0.15, 0.2) is 0 Å². The van der Waals surface area contributed by atoms with E-state index in [2.05, 4.69) is 0 Å². The van der Waals surface area contributed by atoms with Crippen LogP contribution >= 0.6 is 0 Å². The van der Waals surface area contributed by atoms with Crippen LogP contribution in [0.25, 0.3) is 0 Å². The fourth-order valence-electron chi connectivity index (χ4n) is 2.53. The van der Waals surface area contributed by atoms with Crippen LogP contribution in [0, 0.1) is 5.41 Å². The Kier molecular flexibility index (Phi) is 9.07. The zero-order chi connectivity index (χ0) is 22.2. The van der Waals surface area contributed by atoms with Gasteiger partial charge in [0, 0.05) is 19.5 Å². The molecule has 1 saturated heterocycles. The van der Waals surface area contributed by atoms with E-state index in [1.54, 1.807) is 20.8 Å². The average Bonchev–Trinajstić information content (AvgIpc) is 2.59. The quantitative estimate of drug-likeness (QED) is 0.486. The first-order valence-corrected chi connectivity index (χ1v) is 9.85. The number of amides is 3. The van der Waals surface area contributed by atoms with Gasteiger partial charge in [-0.05, 0) is 32.6 Å². The van der Waals surface area contributed by atoms with Crippen molar-refractivity contribution in [1.82, 2.24) is 9.80 Å². The van der Waals surface area contributed by atoms with Gasteiger partial charge in [0.05, 0.1) is 19.8 Å². The van der Waals surface area contributed by atoms with E-state index in [9.17, 15) is 19.2 Å². The highest BCUT2D eigenvalue weighted by molar-refractivity contribution is 5.97. The largest absolute Gasteiger partial charge is 0.458 e. The second kappa shape index (κ2) is 10.6. The van der Waals surface area contributed by atoms with E-state index in [1.807, 2.05) is 20.8 Å². The van der Waals surface area contributed by atoms with Gasteiger partial charge in [-0.3, -0.25) is 0 Å². The van der Waals surface area contributed by atoms with Gasteiger partial charge in [-0.1, -0.05) is 20.8 Å². The summed E-state index contributed by atoms with van der Waals surface area (Å²) in [5, 5.41) is 0. The van der Waals surface area contributed by atoms with Crippen LogP contribution in [0.2, 0.25) is 0 Å². The Balaban J connectivity index is 3.09. The number of rotatable bonds is 6. The third-order valence-electron chi connectivity index (χ3n) is 4.07. The number of urea groups is 1. The number of carbonyl (C=O) groups is 4. The second-order valence-corrected chi connectivity index (χ2v) is 9.13. The summed E-state index contributed by atoms with van der Waals surface area (Å²) in [6.07, 6.45) is -0.289. The van der Waals surface area contributed by atoms with Gasteiger partial charge in [0.15, 0.2) is 0 Å². The summed E-state index contributed by atoms with van der Waals surface area (Å²) in [5.74, 6) is -0.834. The molecule has 0 radical (unpaired) electrons. The molecule has 1 atom stereocenters. The van der Waals surface area contributed by atoms with E-state index < -0.39 is 29.7 Å². The lowest BCUT2D eigenvalue weighted by atomic mass is 9.93. The minimum absolute atomic E-state index is 0.0767. The Bertz CT molecular complexity index is 587. The Labute approximate surface area is 172 Å². The number of hydrogen-bond acceptors (Lipinski definition) is 7. The smallest absolute Gasteiger partial charge is 0.418 e. The Morgan fingerprint density at radius 3 is 2.17 bits per heavy atom. The van der Waals surface area contributed by atoms with Gasteiger partial charge < -0.3 is 23.9 Å². The summed E-state index contributed by atoms with van der Waals surface area (Å²) < 4.78 is 15.9. The average molecular weight is 414 g/mol. The first-order chi connectivity index (χ1) is 13.4. The molecule has 9 heteroatoms. The fraction of sp³-hybridized carbons (Fsp3) is 0.800. The van der Waals surface area contributed by atoms with Crippen LogP contribution in [-0.2, 0) is 23.8 Å². The summed E-state index contributed by atoms with van der Waals surface area (Å²) in [6.45, 7) is 12.2. The molecule has 1 rings (SSSR count). The maximum atomic E-state index is 13.1. The van der Waals surface area contributed by atoms with Gasteiger partial charge in [-0.25, -0.2) is 19.3 Å². The van der Waals surface area contributed by atoms with E-state index >= 15 is 0 Å². The molecule has 0 spiro atoms. The summed E-state index contributed by atoms with van der Waals surface area (Å²) in [7, 11) is 0. The molecule has 0 N–H and O–H groups in total. The van der Waals surface area contributed by atoms with E-state index in [0.29, 0.717) is 30.8 Å². The Hall–Kier alpha value is -2.16. The van der Waals surface area contributed by atoms with Crippen molar-refractivity contribution in [3.63, 3.8) is 0 Å². The van der Waals surface area contributed by atoms with Gasteiger partial charge in [0.1, 0.15) is 17.9 Å². The van der Waals surface area contributed by atoms with E-state index in [1.165, 1.54) is 4.90 Å². The highest BCUT2D eigenvalue weighted by atomic mass is 16.6. The van der Waals surface area contributed by atoms with Crippen molar-refractivity contribution in [2.75, 3.05) is 32.9 Å². The van der Waals surface area contributed by atoms with Crippen LogP contribution in [-0.4, -0.2) is 78.7 Å². The normalized spacial score (nSPS) is 16.0. The van der Waals surface area contributed by atoms with Crippen LogP contribution in [0.4, 0.5) is 9.59 Å². The topological polar surface area (TPSA) is 102 Å². The zero-order valence-electron chi connectivity index (χ0n) is 18.4. The molecule has 1 heterocycles. The van der Waals surface area contributed by atoms with Gasteiger partial charge in [-0.2, -0.15) is 0 Å². The van der Waals surface area contributed by atoms with Gasteiger partial charge in [-0.15, -0.1) is 0 Å². The SMILES string of the molecule is CC(C)(C)CCOC(=O)N(C(=O)N1CCOCC1)C(CC=O)C(=O)OC(C)(C)C. The molecule has 1 unspecified atom stereocenters. The number of ether oxygens (including phenoxy) is 3. The van der Waals surface area contributed by atoms with Crippen molar-refractivity contribution in [3.05, 3.63) is 0 Å². The van der Waals surface area contributed by atoms with Crippen LogP contribution < -0.4 is 0 Å². The molecule has 0 aliphatic carbocycles. The third kappa shape index (κ3) is 8.81. The highest BCUT2D eigenvalue weighted by Crippen LogP contribution is 2.20. The number of esters is 1. The molecule has 9 nitrogen and oxygen atoms in total. The predicted octanol–water partition coefficient (Wildman–Crippen LogP) is 2.61. The first-order valence-electron chi connectivity index (χ1n) is 9.85. The molecule has 1 aliphatic heterocycles. The summed E-state index contributed by atoms with van der Waals surface area (Å²) >= 11 is 0. The number of nitrogens with zero attached hydrogens (tertiary/aromatic N) is 2. The first kappa shape index (κ1) is 24.9. The van der Waals surface area contributed by atoms with Crippen molar-refractivity contribution in [3.8, 4) is 0 Å². The van der Waals surface area contributed by atoms with Crippen molar-refractivity contribution in [2.24, 2.45) is 5.41 Å². The number of aldehydes is 1. The molecular weight excluding hydrogens is 380 g/mol. The lowest BCUT2D eigenvalue weighted by Gasteiger charge is -2.35. The molecule has 0 aromatic heterocycles. The summed E-state index contributed by atoms with van der Waals surface area (Å²) in [4.78, 5) is 51.9. The Morgan fingerprint density at radius 2 is 1.69 bits per heavy atom. The number of morpholine rings is 1. The van der Waals surface area contributed by atoms with Gasteiger partial charge in [0.25, 0.3) is 0 Å². The molecule has 29 heavy (non-hydrogen) atoms. The maximum Gasteiger partial charge on any atom is 0.418 e. The molecule has 0 aromatic carbocycles. The summed E-state index contributed by atoms with van der Waals surface area (Å²) in [6, 6.07) is -2.10. The lowest BCUT2D eigenvalue weighted by molar-refractivity contribution is -0.160. The van der Waals surface area contributed by atoms with Gasteiger partial charge >= 0.3 is 18.1 Å². The maximum absolute atomic E-state index is 13.1. The molecular formula is C20H34N2O7. The van der Waals surface area contributed by atoms with Crippen molar-refractivity contribution >= 4 is 24.4 Å². The fourth-order valence-corrected chi connectivity index (χ4v) is 2.53. The van der Waals surface area contributed by atoms with Crippen molar-refractivity contribution in [2.45, 2.75) is 66.0 Å². The monoisotopic (exact) mass is 414 g/mol. The second-order valence-electron chi connectivity index (χ2n) is 9.13. The highest BCUT2D eigenvalue weighted by Gasteiger charge is 2.40.